The number of anilines is 1. The number of nitrogens with zero attached hydrogens (tertiary/aromatic N) is 3. The second-order valence-electron chi connectivity index (χ2n) is 7.99. The average Bonchev–Trinajstić information content (AvgIpc) is 3.47. The number of nitriles is 1. The van der Waals surface area contributed by atoms with Gasteiger partial charge in [-0.3, -0.25) is 0 Å². The molecule has 0 radical (unpaired) electrons. The number of benzene rings is 1. The summed E-state index contributed by atoms with van der Waals surface area (Å²) in [4.78, 5) is 16.7. The Morgan fingerprint density at radius 2 is 1.90 bits per heavy atom. The Kier molecular flexibility index (Phi) is 5.61. The predicted octanol–water partition coefficient (Wildman–Crippen LogP) is 2.12. The van der Waals surface area contributed by atoms with Gasteiger partial charge < -0.3 is 15.5 Å². The third-order valence-electron chi connectivity index (χ3n) is 5.75. The lowest BCUT2D eigenvalue weighted by Gasteiger charge is -2.17. The molecule has 0 spiro atoms. The smallest absolute Gasteiger partial charge is 0.354 e. The number of fused-ring (bicyclic) bond motifs is 2. The van der Waals surface area contributed by atoms with E-state index in [0.717, 1.165) is 77.7 Å². The monoisotopic (exact) mass is 461 g/mol. The van der Waals surface area contributed by atoms with Gasteiger partial charge in [0.1, 0.15) is 14.8 Å². The van der Waals surface area contributed by atoms with Crippen molar-refractivity contribution in [1.82, 2.24) is 4.98 Å². The number of nitrogens with two attached hydrogens (primary N) is 1. The number of carbonyl (C=O) groups excluding carboxylic acids is 1. The van der Waals surface area contributed by atoms with Gasteiger partial charge in [-0.1, -0.05) is 0 Å². The predicted molar refractivity (Wildman–Crippen MR) is 116 cm³/mol. The molecule has 4 rings (SSSR count). The fourth-order valence-electron chi connectivity index (χ4n) is 4.25. The van der Waals surface area contributed by atoms with Gasteiger partial charge >= 0.3 is 6.03 Å². The maximum atomic E-state index is 12.9. The minimum atomic E-state index is -3.59. The largest absolute Gasteiger partial charge is 0.393 e. The molecule has 2 amide bonds. The van der Waals surface area contributed by atoms with Crippen molar-refractivity contribution in [1.29, 1.82) is 5.26 Å². The topological polar surface area (TPSA) is 162 Å². The molecule has 1 heterocycles. The van der Waals surface area contributed by atoms with Crippen LogP contribution in [-0.4, -0.2) is 32.0 Å². The molecule has 9 nitrogen and oxygen atoms in total. The molecule has 2 unspecified atom stereocenters. The highest BCUT2D eigenvalue weighted by molar-refractivity contribution is 7.93. The maximum Gasteiger partial charge on any atom is 0.354 e. The molecule has 5 N–H and O–H groups in total. The van der Waals surface area contributed by atoms with Crippen molar-refractivity contribution < 1.29 is 19.2 Å². The van der Waals surface area contributed by atoms with Crippen molar-refractivity contribution in [2.75, 3.05) is 11.9 Å². The number of nitrogens with one attached hydrogen (secondary N) is 1. The van der Waals surface area contributed by atoms with Gasteiger partial charge in [0.2, 0.25) is 0 Å². The highest BCUT2D eigenvalue weighted by Crippen LogP contribution is 2.41. The molecular weight excluding hydrogens is 438 g/mol. The van der Waals surface area contributed by atoms with Crippen LogP contribution in [-0.2, 0) is 41.2 Å². The molecule has 1 aromatic heterocycles. The second kappa shape index (κ2) is 7.96. The van der Waals surface area contributed by atoms with E-state index in [9.17, 15) is 24.5 Å². The van der Waals surface area contributed by atoms with Crippen LogP contribution in [0.4, 0.5) is 10.5 Å². The number of thiazole rings is 1. The van der Waals surface area contributed by atoms with Gasteiger partial charge in [-0.15, -0.1) is 15.7 Å². The highest BCUT2D eigenvalue weighted by atomic mass is 32.2. The van der Waals surface area contributed by atoms with Crippen LogP contribution in [0.25, 0.3) is 0 Å². The molecule has 2 atom stereocenters. The maximum absolute atomic E-state index is 12.9. The number of amides is 2. The molecule has 0 aliphatic heterocycles. The quantitative estimate of drug-likeness (QED) is 0.545. The van der Waals surface area contributed by atoms with Crippen LogP contribution in [0.1, 0.15) is 52.6 Å². The second-order valence-corrected chi connectivity index (χ2v) is 11.0. The molecule has 11 heteroatoms. The molecule has 2 aliphatic carbocycles. The lowest BCUT2D eigenvalue weighted by molar-refractivity contribution is -0.00244. The van der Waals surface area contributed by atoms with E-state index in [1.165, 1.54) is 13.1 Å². The summed E-state index contributed by atoms with van der Waals surface area (Å²) >= 11 is 0.833. The first kappa shape index (κ1) is 21.9. The zero-order chi connectivity index (χ0) is 22.4. The molecule has 164 valence electrons. The third-order valence-corrected chi connectivity index (χ3v) is 8.88. The Labute approximate surface area is 184 Å². The van der Waals surface area contributed by atoms with Crippen LogP contribution >= 0.6 is 11.3 Å². The number of hydrogen-bond acceptors (Lipinski definition) is 7. The number of rotatable bonds is 4. The molecule has 2 aliphatic rings. The lowest BCUT2D eigenvalue weighted by Crippen LogP contribution is -2.25. The minimum Gasteiger partial charge on any atom is -0.393 e. The van der Waals surface area contributed by atoms with Crippen LogP contribution in [0.15, 0.2) is 14.8 Å². The van der Waals surface area contributed by atoms with Crippen molar-refractivity contribution in [2.24, 2.45) is 9.50 Å². The first-order valence-corrected chi connectivity index (χ1v) is 12.3. The number of aliphatic hydroxyl groups excluding tert-OH is 1. The number of aromatic nitrogens is 1. The Hall–Kier alpha value is -2.36. The fraction of sp³-hybridized carbons (Fsp3) is 0.450. The van der Waals surface area contributed by atoms with Crippen molar-refractivity contribution >= 4 is 33.0 Å². The molecular formula is C20H23N5O4S2. The number of urea groups is 1. The summed E-state index contributed by atoms with van der Waals surface area (Å²) in [6.07, 6.45) is 6.14. The summed E-state index contributed by atoms with van der Waals surface area (Å²) < 4.78 is 16.7. The summed E-state index contributed by atoms with van der Waals surface area (Å²) in [7, 11) is -3.59. The van der Waals surface area contributed by atoms with Crippen molar-refractivity contribution in [3.63, 3.8) is 0 Å². The standard InChI is InChI=1S/C20H23N5O4S2/c1-20(28,10-26)18-23-9-16(30-18)31(22,29)25-19(27)24-17-13-6-2-4-11(13)15(8-21)12-5-3-7-14(12)17/h9,26,28H,2-7,10H2,1H3,(H3,22,24,25,27,29). The number of hydrogen-bond donors (Lipinski definition) is 4. The minimum absolute atomic E-state index is 0.0293. The first-order chi connectivity index (χ1) is 14.7. The summed E-state index contributed by atoms with van der Waals surface area (Å²) in [6.45, 7) is 0.794. The zero-order valence-electron chi connectivity index (χ0n) is 17.0. The van der Waals surface area contributed by atoms with E-state index in [-0.39, 0.29) is 9.22 Å². The molecule has 0 fully saturated rings. The van der Waals surface area contributed by atoms with E-state index in [1.54, 1.807) is 0 Å². The lowest BCUT2D eigenvalue weighted by atomic mass is 9.93. The zero-order valence-corrected chi connectivity index (χ0v) is 18.6. The fourth-order valence-corrected chi connectivity index (χ4v) is 6.35. The SMILES string of the molecule is CC(O)(CO)c1ncc(S(N)(=O)=NC(=O)Nc2c3c(c(C#N)c4c2CCC4)CCC3)s1. The van der Waals surface area contributed by atoms with Crippen LogP contribution in [0.3, 0.4) is 0 Å². The highest BCUT2D eigenvalue weighted by Gasteiger charge is 2.30. The Balaban J connectivity index is 1.68. The molecule has 0 saturated carbocycles. The molecule has 2 aromatic rings. The van der Waals surface area contributed by atoms with Crippen LogP contribution in [0.2, 0.25) is 0 Å². The van der Waals surface area contributed by atoms with Gasteiger partial charge in [0, 0.05) is 5.69 Å². The van der Waals surface area contributed by atoms with Crippen LogP contribution in [0.5, 0.6) is 0 Å². The van der Waals surface area contributed by atoms with E-state index in [2.05, 4.69) is 20.7 Å². The van der Waals surface area contributed by atoms with Crippen LogP contribution in [0, 0.1) is 11.3 Å². The summed E-state index contributed by atoms with van der Waals surface area (Å²) in [5, 5.41) is 37.8. The molecule has 0 bridgehead atoms. The Morgan fingerprint density at radius 3 is 2.45 bits per heavy atom. The van der Waals surface area contributed by atoms with E-state index >= 15 is 0 Å². The summed E-state index contributed by atoms with van der Waals surface area (Å²) in [5.74, 6) is 0. The summed E-state index contributed by atoms with van der Waals surface area (Å²) in [5.41, 5.74) is 3.72. The average molecular weight is 462 g/mol. The third kappa shape index (κ3) is 3.86. The van der Waals surface area contributed by atoms with Crippen molar-refractivity contribution in [3.05, 3.63) is 39.0 Å². The van der Waals surface area contributed by atoms with E-state index in [4.69, 9.17) is 5.14 Å². The van der Waals surface area contributed by atoms with Crippen molar-refractivity contribution in [3.8, 4) is 6.07 Å². The molecule has 1 aromatic carbocycles. The van der Waals surface area contributed by atoms with E-state index in [1.807, 2.05) is 0 Å². The Morgan fingerprint density at radius 1 is 1.32 bits per heavy atom. The van der Waals surface area contributed by atoms with Gasteiger partial charge in [-0.25, -0.2) is 19.1 Å². The van der Waals surface area contributed by atoms with E-state index in [0.29, 0.717) is 5.69 Å². The summed E-state index contributed by atoms with van der Waals surface area (Å²) in [6, 6.07) is 1.51. The molecule has 0 saturated heterocycles. The number of carbonyl (C=O) groups is 1. The van der Waals surface area contributed by atoms with Crippen molar-refractivity contribution in [2.45, 2.75) is 55.3 Å². The van der Waals surface area contributed by atoms with E-state index < -0.39 is 28.2 Å². The van der Waals surface area contributed by atoms with Gasteiger partial charge in [0.05, 0.1) is 24.4 Å². The normalized spacial score (nSPS) is 18.4. The van der Waals surface area contributed by atoms with Gasteiger partial charge in [0.15, 0.2) is 9.92 Å². The number of aliphatic hydroxyl groups is 2. The van der Waals surface area contributed by atoms with Gasteiger partial charge in [0.25, 0.3) is 0 Å². The first-order valence-electron chi connectivity index (χ1n) is 9.93. The van der Waals surface area contributed by atoms with Gasteiger partial charge in [-0.05, 0) is 67.7 Å². The van der Waals surface area contributed by atoms with Crippen LogP contribution < -0.4 is 10.5 Å². The Bertz CT molecular complexity index is 1200. The molecule has 31 heavy (non-hydrogen) atoms. The van der Waals surface area contributed by atoms with Gasteiger partial charge in [-0.2, -0.15) is 5.26 Å².